The fourth-order valence-electron chi connectivity index (χ4n) is 3.69. The van der Waals surface area contributed by atoms with Crippen LogP contribution < -0.4 is 5.32 Å². The molecule has 0 spiro atoms. The second-order valence-corrected chi connectivity index (χ2v) is 7.90. The van der Waals surface area contributed by atoms with Gasteiger partial charge in [0.15, 0.2) is 5.82 Å². The molecule has 6 nitrogen and oxygen atoms in total. The Bertz CT molecular complexity index is 1020. The molecule has 7 heteroatoms. The molecule has 2 aromatic rings. The number of rotatable bonds is 6. The van der Waals surface area contributed by atoms with Gasteiger partial charge in [0, 0.05) is 36.3 Å². The molecule has 156 valence electrons. The van der Waals surface area contributed by atoms with E-state index in [0.717, 1.165) is 24.1 Å². The molecule has 2 heterocycles. The first kappa shape index (κ1) is 20.1. The van der Waals surface area contributed by atoms with Gasteiger partial charge in [-0.25, -0.2) is 4.39 Å². The second-order valence-electron chi connectivity index (χ2n) is 7.90. The molecule has 4 rings (SSSR count). The highest BCUT2D eigenvalue weighted by atomic mass is 19.1. The number of carbonyl (C=O) groups excluding carboxylic acids is 2. The number of nitrogens with one attached hydrogen (secondary N) is 2. The van der Waals surface area contributed by atoms with Gasteiger partial charge in [0.25, 0.3) is 0 Å². The van der Waals surface area contributed by atoms with Crippen LogP contribution in [0.2, 0.25) is 0 Å². The van der Waals surface area contributed by atoms with E-state index in [1.54, 1.807) is 24.0 Å². The van der Waals surface area contributed by atoms with Crippen LogP contribution in [0, 0.1) is 5.82 Å². The van der Waals surface area contributed by atoms with Gasteiger partial charge < -0.3 is 10.2 Å². The van der Waals surface area contributed by atoms with E-state index >= 15 is 0 Å². The molecule has 1 unspecified atom stereocenters. The molecular formula is C23H25FN4O2. The van der Waals surface area contributed by atoms with Gasteiger partial charge >= 0.3 is 0 Å². The molecule has 2 amide bonds. The molecule has 1 aromatic heterocycles. The summed E-state index contributed by atoms with van der Waals surface area (Å²) in [5.74, 6) is -0.211. The van der Waals surface area contributed by atoms with E-state index in [0.29, 0.717) is 42.4 Å². The molecule has 1 fully saturated rings. The van der Waals surface area contributed by atoms with Crippen LogP contribution >= 0.6 is 0 Å². The van der Waals surface area contributed by atoms with Crippen molar-refractivity contribution in [2.75, 3.05) is 18.4 Å². The summed E-state index contributed by atoms with van der Waals surface area (Å²) in [6.07, 6.45) is 6.03. The summed E-state index contributed by atoms with van der Waals surface area (Å²) in [6.45, 7) is 6.21. The Balaban J connectivity index is 1.43. The molecule has 1 aliphatic heterocycles. The number of H-pyrrole nitrogens is 1. The van der Waals surface area contributed by atoms with E-state index in [4.69, 9.17) is 0 Å². The Hall–Kier alpha value is -3.22. The van der Waals surface area contributed by atoms with Crippen molar-refractivity contribution in [3.05, 3.63) is 65.6 Å². The first-order valence-electron chi connectivity index (χ1n) is 10.2. The van der Waals surface area contributed by atoms with Gasteiger partial charge in [-0.05, 0) is 49.5 Å². The molecule has 2 aliphatic rings. The number of amides is 2. The fourth-order valence-corrected chi connectivity index (χ4v) is 3.69. The van der Waals surface area contributed by atoms with Gasteiger partial charge in [0.05, 0.1) is 5.92 Å². The molecule has 1 aromatic carbocycles. The zero-order chi connectivity index (χ0) is 21.3. The number of anilines is 1. The summed E-state index contributed by atoms with van der Waals surface area (Å²) in [5.41, 5.74) is 3.03. The van der Waals surface area contributed by atoms with E-state index in [1.165, 1.54) is 12.1 Å². The standard InChI is InChI=1S/C23H25FN4O2/c1-3-22(29)28-10-8-15(9-11-28)18-7-6-17(12-19(18)24)14(2)23(30)25-21-13-20(26-27-21)16-4-5-16/h3,6-8,12-14,16H,1,4-5,9-11H2,2H3,(H2,25,26,27,30). The van der Waals surface area contributed by atoms with Crippen LogP contribution in [0.25, 0.3) is 5.57 Å². The number of hydrogen-bond acceptors (Lipinski definition) is 3. The lowest BCUT2D eigenvalue weighted by atomic mass is 9.94. The van der Waals surface area contributed by atoms with E-state index in [9.17, 15) is 14.0 Å². The fraction of sp³-hybridized carbons (Fsp3) is 0.348. The number of aromatic nitrogens is 2. The SMILES string of the molecule is C=CC(=O)N1CC=C(c2ccc(C(C)C(=O)Nc3cc(C4CC4)[nH]n3)cc2F)CC1. The summed E-state index contributed by atoms with van der Waals surface area (Å²) >= 11 is 0. The van der Waals surface area contributed by atoms with Crippen molar-refractivity contribution in [3.8, 4) is 0 Å². The van der Waals surface area contributed by atoms with Gasteiger partial charge in [-0.1, -0.05) is 24.8 Å². The maximum Gasteiger partial charge on any atom is 0.246 e. The molecule has 1 atom stereocenters. The molecule has 0 saturated heterocycles. The average Bonchev–Trinajstić information content (AvgIpc) is 3.51. The number of aromatic amines is 1. The first-order chi connectivity index (χ1) is 14.5. The van der Waals surface area contributed by atoms with Crippen LogP contribution in [0.4, 0.5) is 10.2 Å². The van der Waals surface area contributed by atoms with Crippen LogP contribution in [-0.4, -0.2) is 40.0 Å². The van der Waals surface area contributed by atoms with Crippen molar-refractivity contribution < 1.29 is 14.0 Å². The predicted octanol–water partition coefficient (Wildman–Crippen LogP) is 3.97. The number of hydrogen-bond donors (Lipinski definition) is 2. The highest BCUT2D eigenvalue weighted by Gasteiger charge is 2.26. The van der Waals surface area contributed by atoms with Crippen LogP contribution in [0.1, 0.15) is 54.8 Å². The lowest BCUT2D eigenvalue weighted by Crippen LogP contribution is -2.33. The first-order valence-corrected chi connectivity index (χ1v) is 10.2. The zero-order valence-electron chi connectivity index (χ0n) is 17.0. The van der Waals surface area contributed by atoms with Crippen molar-refractivity contribution in [1.29, 1.82) is 0 Å². The van der Waals surface area contributed by atoms with Gasteiger partial charge in [-0.3, -0.25) is 14.7 Å². The summed E-state index contributed by atoms with van der Waals surface area (Å²) in [4.78, 5) is 25.9. The maximum atomic E-state index is 14.8. The Kier molecular flexibility index (Phi) is 5.53. The van der Waals surface area contributed by atoms with Gasteiger partial charge in [-0.15, -0.1) is 0 Å². The van der Waals surface area contributed by atoms with E-state index in [-0.39, 0.29) is 17.6 Å². The van der Waals surface area contributed by atoms with Crippen LogP contribution in [0.5, 0.6) is 0 Å². The molecule has 30 heavy (non-hydrogen) atoms. The van der Waals surface area contributed by atoms with Gasteiger partial charge in [0.2, 0.25) is 11.8 Å². The Morgan fingerprint density at radius 1 is 1.37 bits per heavy atom. The largest absolute Gasteiger partial charge is 0.335 e. The van der Waals surface area contributed by atoms with Crippen molar-refractivity contribution in [2.24, 2.45) is 0 Å². The second kappa shape index (κ2) is 8.26. The maximum absolute atomic E-state index is 14.8. The minimum Gasteiger partial charge on any atom is -0.335 e. The molecule has 2 N–H and O–H groups in total. The molecule has 0 radical (unpaired) electrons. The smallest absolute Gasteiger partial charge is 0.246 e. The van der Waals surface area contributed by atoms with Crippen LogP contribution in [0.15, 0.2) is 43.0 Å². The molecule has 0 bridgehead atoms. The van der Waals surface area contributed by atoms with E-state index in [2.05, 4.69) is 22.1 Å². The third-order valence-electron chi connectivity index (χ3n) is 5.79. The minimum atomic E-state index is -0.518. The lowest BCUT2D eigenvalue weighted by molar-refractivity contribution is -0.125. The molecule has 1 saturated carbocycles. The molecule has 1 aliphatic carbocycles. The van der Waals surface area contributed by atoms with Gasteiger partial charge in [0.1, 0.15) is 5.82 Å². The quantitative estimate of drug-likeness (QED) is 0.710. The highest BCUT2D eigenvalue weighted by Crippen LogP contribution is 2.39. The Morgan fingerprint density at radius 2 is 2.17 bits per heavy atom. The third kappa shape index (κ3) is 4.20. The Labute approximate surface area is 174 Å². The summed E-state index contributed by atoms with van der Waals surface area (Å²) in [7, 11) is 0. The number of nitrogens with zero attached hydrogens (tertiary/aromatic N) is 2. The monoisotopic (exact) mass is 408 g/mol. The van der Waals surface area contributed by atoms with Crippen molar-refractivity contribution in [3.63, 3.8) is 0 Å². The van der Waals surface area contributed by atoms with Crippen molar-refractivity contribution >= 4 is 23.2 Å². The van der Waals surface area contributed by atoms with Crippen molar-refractivity contribution in [2.45, 2.75) is 38.0 Å². The summed E-state index contributed by atoms with van der Waals surface area (Å²) < 4.78 is 14.8. The van der Waals surface area contributed by atoms with E-state index in [1.807, 2.05) is 12.1 Å². The van der Waals surface area contributed by atoms with Crippen LogP contribution in [0.3, 0.4) is 0 Å². The summed E-state index contributed by atoms with van der Waals surface area (Å²) in [5, 5.41) is 9.90. The molecular weight excluding hydrogens is 383 g/mol. The highest BCUT2D eigenvalue weighted by molar-refractivity contribution is 5.95. The predicted molar refractivity (Wildman–Crippen MR) is 113 cm³/mol. The summed E-state index contributed by atoms with van der Waals surface area (Å²) in [6, 6.07) is 6.78. The topological polar surface area (TPSA) is 78.1 Å². The van der Waals surface area contributed by atoms with E-state index < -0.39 is 5.92 Å². The van der Waals surface area contributed by atoms with Crippen molar-refractivity contribution in [1.82, 2.24) is 15.1 Å². The number of halogens is 1. The van der Waals surface area contributed by atoms with Gasteiger partial charge in [-0.2, -0.15) is 5.10 Å². The average molecular weight is 408 g/mol. The third-order valence-corrected chi connectivity index (χ3v) is 5.79. The number of carbonyl (C=O) groups is 2. The Morgan fingerprint density at radius 3 is 2.80 bits per heavy atom. The number of benzene rings is 1. The lowest BCUT2D eigenvalue weighted by Gasteiger charge is -2.26. The van der Waals surface area contributed by atoms with Crippen LogP contribution in [-0.2, 0) is 9.59 Å². The normalized spacial score (nSPS) is 17.3. The minimum absolute atomic E-state index is 0.123. The zero-order valence-corrected chi connectivity index (χ0v) is 17.0.